The van der Waals surface area contributed by atoms with E-state index in [4.69, 9.17) is 18.4 Å². The summed E-state index contributed by atoms with van der Waals surface area (Å²) < 4.78 is 47.2. The van der Waals surface area contributed by atoms with Gasteiger partial charge in [-0.25, -0.2) is 4.79 Å². The van der Waals surface area contributed by atoms with Gasteiger partial charge in [-0.2, -0.15) is 8.42 Å². The average Bonchev–Trinajstić information content (AvgIpc) is 2.87. The van der Waals surface area contributed by atoms with Crippen molar-refractivity contribution in [3.05, 3.63) is 35.9 Å². The molecular weight excluding hydrogens is 530 g/mol. The van der Waals surface area contributed by atoms with Gasteiger partial charge in [0.25, 0.3) is 10.1 Å². The van der Waals surface area contributed by atoms with Gasteiger partial charge in [-0.15, -0.1) is 0 Å². The molecule has 1 aromatic rings. The Kier molecular flexibility index (Phi) is 15.5. The molecule has 1 amide bonds. The number of amides is 1. The molecule has 40 heavy (non-hydrogen) atoms. The van der Waals surface area contributed by atoms with Gasteiger partial charge in [0.05, 0.1) is 31.1 Å². The van der Waals surface area contributed by atoms with Gasteiger partial charge in [-0.05, 0) is 40.0 Å². The van der Waals surface area contributed by atoms with Gasteiger partial charge < -0.3 is 19.5 Å². The number of hydrogen-bond donors (Lipinski definition) is 1. The average molecular weight is 584 g/mol. The van der Waals surface area contributed by atoms with Crippen LogP contribution in [0.1, 0.15) is 123 Å². The number of carbonyl (C=O) groups excluding carboxylic acids is 1. The van der Waals surface area contributed by atoms with Crippen molar-refractivity contribution in [3.63, 3.8) is 0 Å². The lowest BCUT2D eigenvalue weighted by atomic mass is 9.99. The Morgan fingerprint density at radius 3 is 2.15 bits per heavy atom. The van der Waals surface area contributed by atoms with Crippen LogP contribution < -0.4 is 5.32 Å². The van der Waals surface area contributed by atoms with Crippen LogP contribution in [0.3, 0.4) is 0 Å². The minimum atomic E-state index is -3.60. The van der Waals surface area contributed by atoms with E-state index < -0.39 is 46.4 Å². The minimum absolute atomic E-state index is 0.250. The van der Waals surface area contributed by atoms with Crippen molar-refractivity contribution >= 4 is 16.2 Å². The van der Waals surface area contributed by atoms with Gasteiger partial charge in [-0.3, -0.25) is 4.18 Å². The first-order chi connectivity index (χ1) is 19.0. The number of ether oxygens (including phenoxy) is 3. The molecule has 8 nitrogen and oxygen atoms in total. The van der Waals surface area contributed by atoms with E-state index in [0.717, 1.165) is 31.1 Å². The van der Waals surface area contributed by atoms with Crippen LogP contribution >= 0.6 is 0 Å². The summed E-state index contributed by atoms with van der Waals surface area (Å²) in [6.07, 6.45) is 13.0. The van der Waals surface area contributed by atoms with Gasteiger partial charge in [0.1, 0.15) is 5.60 Å². The van der Waals surface area contributed by atoms with Crippen LogP contribution in [0.25, 0.3) is 0 Å². The zero-order chi connectivity index (χ0) is 29.4. The van der Waals surface area contributed by atoms with E-state index in [1.54, 1.807) is 0 Å². The number of alkyl carbamates (subject to hydrolysis) is 1. The number of hydrogen-bond acceptors (Lipinski definition) is 7. The van der Waals surface area contributed by atoms with Crippen LogP contribution in [0, 0.1) is 0 Å². The Hall–Kier alpha value is -1.68. The SMILES string of the molecule is CCCCCCCCCCCC[C@H](CC[C@H]1O[C@@H](c2ccccc2)OC[C@@H]1NC(=O)OC(C)(C)C)OS(C)(=O)=O. The van der Waals surface area contributed by atoms with Crippen LogP contribution in [0.5, 0.6) is 0 Å². The second kappa shape index (κ2) is 18.0. The summed E-state index contributed by atoms with van der Waals surface area (Å²) in [6, 6.07) is 9.20. The van der Waals surface area contributed by atoms with Gasteiger partial charge in [-0.1, -0.05) is 101 Å². The maximum absolute atomic E-state index is 12.5. The molecule has 2 rings (SSSR count). The van der Waals surface area contributed by atoms with Crippen LogP contribution in [-0.4, -0.2) is 51.2 Å². The third-order valence-electron chi connectivity index (χ3n) is 6.91. The highest BCUT2D eigenvalue weighted by Gasteiger charge is 2.35. The fourth-order valence-electron chi connectivity index (χ4n) is 4.94. The van der Waals surface area contributed by atoms with E-state index in [9.17, 15) is 13.2 Å². The summed E-state index contributed by atoms with van der Waals surface area (Å²) in [7, 11) is -3.60. The third-order valence-corrected chi connectivity index (χ3v) is 7.53. The first-order valence-electron chi connectivity index (χ1n) is 15.2. The van der Waals surface area contributed by atoms with Crippen molar-refractivity contribution in [2.75, 3.05) is 12.9 Å². The van der Waals surface area contributed by atoms with Crippen molar-refractivity contribution < 1.29 is 31.6 Å². The van der Waals surface area contributed by atoms with Crippen molar-refractivity contribution in [2.24, 2.45) is 0 Å². The molecule has 4 atom stereocenters. The van der Waals surface area contributed by atoms with Crippen LogP contribution in [0.15, 0.2) is 30.3 Å². The molecule has 0 spiro atoms. The molecule has 1 aromatic carbocycles. The highest BCUT2D eigenvalue weighted by molar-refractivity contribution is 7.86. The Morgan fingerprint density at radius 1 is 0.975 bits per heavy atom. The second-order valence-electron chi connectivity index (χ2n) is 12.0. The van der Waals surface area contributed by atoms with Crippen LogP contribution in [0.4, 0.5) is 4.79 Å². The van der Waals surface area contributed by atoms with Gasteiger partial charge in [0.15, 0.2) is 6.29 Å². The highest BCUT2D eigenvalue weighted by Crippen LogP contribution is 2.30. The van der Waals surface area contributed by atoms with Crippen LogP contribution in [0.2, 0.25) is 0 Å². The zero-order valence-electron chi connectivity index (χ0n) is 25.4. The first kappa shape index (κ1) is 34.5. The lowest BCUT2D eigenvalue weighted by Crippen LogP contribution is -2.52. The van der Waals surface area contributed by atoms with Crippen molar-refractivity contribution in [2.45, 2.75) is 141 Å². The van der Waals surface area contributed by atoms with Gasteiger partial charge >= 0.3 is 6.09 Å². The first-order valence-corrected chi connectivity index (χ1v) is 17.0. The quantitative estimate of drug-likeness (QED) is 0.142. The predicted molar refractivity (Wildman–Crippen MR) is 159 cm³/mol. The Bertz CT molecular complexity index is 933. The van der Waals surface area contributed by atoms with Crippen molar-refractivity contribution in [1.82, 2.24) is 5.32 Å². The molecule has 1 aliphatic heterocycles. The topological polar surface area (TPSA) is 100 Å². The molecule has 0 radical (unpaired) electrons. The zero-order valence-corrected chi connectivity index (χ0v) is 26.2. The molecule has 0 aromatic heterocycles. The molecule has 1 fully saturated rings. The maximum atomic E-state index is 12.5. The van der Waals surface area contributed by atoms with Crippen LogP contribution in [-0.2, 0) is 28.5 Å². The molecule has 9 heteroatoms. The lowest BCUT2D eigenvalue weighted by Gasteiger charge is -2.37. The molecule has 1 heterocycles. The van der Waals surface area contributed by atoms with E-state index in [1.165, 1.54) is 44.9 Å². The standard InChI is InChI=1S/C31H53NO7S/c1-6-7-8-9-10-11-12-13-14-18-21-26(39-40(5,34)35)22-23-28-27(32-30(33)38-31(2,3)4)24-36-29(37-28)25-19-16-15-17-20-25/h15-17,19-20,26-29H,6-14,18,21-24H2,1-5H3,(H,32,33)/t26-,27+,28-,29+/m1/s1. The fourth-order valence-corrected chi connectivity index (χ4v) is 5.62. The summed E-state index contributed by atoms with van der Waals surface area (Å²) in [5.41, 5.74) is 0.254. The Morgan fingerprint density at radius 2 is 1.57 bits per heavy atom. The monoisotopic (exact) mass is 583 g/mol. The Labute approximate surface area is 243 Å². The van der Waals surface area contributed by atoms with Crippen molar-refractivity contribution in [3.8, 4) is 0 Å². The molecule has 230 valence electrons. The predicted octanol–water partition coefficient (Wildman–Crippen LogP) is 7.43. The van der Waals surface area contributed by atoms with Gasteiger partial charge in [0.2, 0.25) is 0 Å². The summed E-state index contributed by atoms with van der Waals surface area (Å²) in [5.74, 6) is 0. The molecule has 0 unspecified atom stereocenters. The van der Waals surface area contributed by atoms with Crippen molar-refractivity contribution in [1.29, 1.82) is 0 Å². The fraction of sp³-hybridized carbons (Fsp3) is 0.774. The normalized spacial score (nSPS) is 20.7. The van der Waals surface area contributed by atoms with E-state index in [2.05, 4.69) is 12.2 Å². The van der Waals surface area contributed by atoms with E-state index in [0.29, 0.717) is 19.3 Å². The van der Waals surface area contributed by atoms with E-state index in [1.807, 2.05) is 51.1 Å². The van der Waals surface area contributed by atoms with Gasteiger partial charge in [0, 0.05) is 5.56 Å². The summed E-state index contributed by atoms with van der Waals surface area (Å²) in [6.45, 7) is 7.91. The molecule has 1 saturated heterocycles. The molecule has 1 N–H and O–H groups in total. The largest absolute Gasteiger partial charge is 0.444 e. The summed E-state index contributed by atoms with van der Waals surface area (Å²) >= 11 is 0. The number of unbranched alkanes of at least 4 members (excludes halogenated alkanes) is 9. The molecule has 0 saturated carbocycles. The molecule has 1 aliphatic rings. The number of nitrogens with one attached hydrogen (secondary N) is 1. The molecular formula is C31H53NO7S. The smallest absolute Gasteiger partial charge is 0.408 e. The van der Waals surface area contributed by atoms with E-state index in [-0.39, 0.29) is 6.61 Å². The number of rotatable bonds is 18. The summed E-state index contributed by atoms with van der Waals surface area (Å²) in [4.78, 5) is 12.5. The maximum Gasteiger partial charge on any atom is 0.408 e. The highest BCUT2D eigenvalue weighted by atomic mass is 32.2. The lowest BCUT2D eigenvalue weighted by molar-refractivity contribution is -0.230. The third kappa shape index (κ3) is 15.4. The molecule has 0 aliphatic carbocycles. The number of benzene rings is 1. The minimum Gasteiger partial charge on any atom is -0.444 e. The van der Waals surface area contributed by atoms with E-state index >= 15 is 0 Å². The Balaban J connectivity index is 1.93. The number of carbonyl (C=O) groups is 1. The summed E-state index contributed by atoms with van der Waals surface area (Å²) in [5, 5.41) is 2.89. The molecule has 0 bridgehead atoms. The second-order valence-corrected chi connectivity index (χ2v) is 13.6.